The fourth-order valence-corrected chi connectivity index (χ4v) is 1.54. The van der Waals surface area contributed by atoms with Gasteiger partial charge in [0.05, 0.1) is 0 Å². The smallest absolute Gasteiger partial charge is 0.126 e. The zero-order chi connectivity index (χ0) is 28.9. The SMILES string of the molecule is C.CC(C)=O.CCOC.CCOC.C[C-](C)C.Cc1ccc(O[CH-]n2cncn2)cc1.Cc1ccccc1.[Y]. The Labute approximate surface area is 264 Å². The van der Waals surface area contributed by atoms with Crippen LogP contribution < -0.4 is 4.74 Å². The Kier molecular flexibility index (Phi) is 43.1. The van der Waals surface area contributed by atoms with Crippen molar-refractivity contribution in [3.63, 3.8) is 0 Å². The molecule has 0 aliphatic heterocycles. The zero-order valence-corrected chi connectivity index (χ0v) is 28.2. The number of ketones is 1. The van der Waals surface area contributed by atoms with Gasteiger partial charge in [-0.05, 0) is 60.0 Å². The van der Waals surface area contributed by atoms with Crippen molar-refractivity contribution in [1.29, 1.82) is 0 Å². The quantitative estimate of drug-likeness (QED) is 0.271. The van der Waals surface area contributed by atoms with Gasteiger partial charge < -0.3 is 34.6 Å². The summed E-state index contributed by atoms with van der Waals surface area (Å²) in [7, 11) is 3.36. The van der Waals surface area contributed by atoms with Crippen LogP contribution in [0.3, 0.4) is 0 Å². The Morgan fingerprint density at radius 3 is 1.54 bits per heavy atom. The average molecular weight is 621 g/mol. The van der Waals surface area contributed by atoms with Crippen LogP contribution in [0.2, 0.25) is 0 Å². The summed E-state index contributed by atoms with van der Waals surface area (Å²) in [6, 6.07) is 18.1. The molecule has 0 saturated carbocycles. The summed E-state index contributed by atoms with van der Waals surface area (Å²) in [6.07, 6.45) is 3.02. The molecule has 0 atom stereocenters. The Morgan fingerprint density at radius 2 is 1.26 bits per heavy atom. The topological polar surface area (TPSA) is 75.5 Å². The Bertz CT molecular complexity index is 814. The third kappa shape index (κ3) is 46.2. The molecule has 1 aromatic heterocycles. The monoisotopic (exact) mass is 620 g/mol. The molecule has 2 aromatic carbocycles. The predicted molar refractivity (Wildman–Crippen MR) is 161 cm³/mol. The molecule has 0 aliphatic rings. The van der Waals surface area contributed by atoms with Crippen LogP contribution in [0.15, 0.2) is 67.3 Å². The van der Waals surface area contributed by atoms with E-state index in [0.717, 1.165) is 19.0 Å². The van der Waals surface area contributed by atoms with Crippen LogP contribution in [-0.4, -0.2) is 48.0 Å². The van der Waals surface area contributed by atoms with E-state index < -0.39 is 0 Å². The molecule has 3 aromatic rings. The van der Waals surface area contributed by atoms with Gasteiger partial charge in [-0.1, -0.05) is 61.0 Å². The molecule has 0 saturated heterocycles. The molecule has 39 heavy (non-hydrogen) atoms. The Balaban J connectivity index is -0.000000132. The van der Waals surface area contributed by atoms with E-state index in [4.69, 9.17) is 4.74 Å². The van der Waals surface area contributed by atoms with Crippen LogP contribution in [0, 0.1) is 26.5 Å². The number of carbonyl (C=O) groups is 1. The number of carbonyl (C=O) groups excluding carboxylic acids is 1. The molecule has 0 fully saturated rings. The first-order valence-corrected chi connectivity index (χ1v) is 12.2. The van der Waals surface area contributed by atoms with Gasteiger partial charge in [0, 0.05) is 66.9 Å². The summed E-state index contributed by atoms with van der Waals surface area (Å²) in [6.45, 7) is 20.5. The molecule has 0 N–H and O–H groups in total. The van der Waals surface area contributed by atoms with Crippen LogP contribution in [0.25, 0.3) is 0 Å². The number of benzene rings is 2. The number of ether oxygens (including phenoxy) is 3. The van der Waals surface area contributed by atoms with Gasteiger partial charge in [0.2, 0.25) is 0 Å². The molecule has 1 heterocycles. The molecule has 0 amide bonds. The molecule has 0 aliphatic carbocycles. The van der Waals surface area contributed by atoms with Crippen molar-refractivity contribution >= 4 is 5.78 Å². The first kappa shape index (κ1) is 46.8. The van der Waals surface area contributed by atoms with Crippen molar-refractivity contribution < 1.29 is 51.7 Å². The van der Waals surface area contributed by atoms with Crippen LogP contribution >= 0.6 is 0 Å². The van der Waals surface area contributed by atoms with E-state index in [1.165, 1.54) is 48.6 Å². The molecule has 7 nitrogen and oxygen atoms in total. The van der Waals surface area contributed by atoms with Crippen molar-refractivity contribution in [1.82, 2.24) is 14.8 Å². The van der Waals surface area contributed by atoms with Crippen molar-refractivity contribution in [3.05, 3.63) is 91.0 Å². The molecule has 3 rings (SSSR count). The summed E-state index contributed by atoms with van der Waals surface area (Å²) >= 11 is 0. The van der Waals surface area contributed by atoms with Gasteiger partial charge in [-0.15, -0.1) is 0 Å². The zero-order valence-electron chi connectivity index (χ0n) is 25.4. The van der Waals surface area contributed by atoms with Crippen LogP contribution in [0.1, 0.15) is 67.0 Å². The van der Waals surface area contributed by atoms with Gasteiger partial charge in [-0.25, -0.2) is 0 Å². The van der Waals surface area contributed by atoms with Crippen molar-refractivity contribution in [2.75, 3.05) is 27.4 Å². The van der Waals surface area contributed by atoms with E-state index in [2.05, 4.69) is 59.4 Å². The summed E-state index contributed by atoms with van der Waals surface area (Å²) in [4.78, 5) is 13.2. The minimum Gasteiger partial charge on any atom is -0.534 e. The molecule has 0 bridgehead atoms. The van der Waals surface area contributed by atoms with E-state index in [0.29, 0.717) is 0 Å². The number of aromatic nitrogens is 3. The normalized spacial score (nSPS) is 8.21. The summed E-state index contributed by atoms with van der Waals surface area (Å²) in [5.41, 5.74) is 2.53. The summed E-state index contributed by atoms with van der Waals surface area (Å²) < 4.78 is 15.9. The van der Waals surface area contributed by atoms with Gasteiger partial charge in [-0.2, -0.15) is 25.9 Å². The first-order valence-electron chi connectivity index (χ1n) is 12.2. The number of hydrogen-bond acceptors (Lipinski definition) is 6. The first-order chi connectivity index (χ1) is 17.5. The second-order valence-electron chi connectivity index (χ2n) is 8.13. The number of methoxy groups -OCH3 is 2. The molecular formula is C31H53N3O4Y-2. The third-order valence-electron chi connectivity index (χ3n) is 3.27. The predicted octanol–water partition coefficient (Wildman–Crippen LogP) is 7.78. The number of rotatable bonds is 5. The van der Waals surface area contributed by atoms with E-state index >= 15 is 0 Å². The molecule has 1 radical (unpaired) electrons. The van der Waals surface area contributed by atoms with E-state index in [-0.39, 0.29) is 45.9 Å². The maximum atomic E-state index is 9.44. The van der Waals surface area contributed by atoms with Gasteiger partial charge in [0.15, 0.2) is 0 Å². The molecule has 8 heteroatoms. The van der Waals surface area contributed by atoms with Crippen molar-refractivity contribution in [2.45, 2.75) is 69.7 Å². The Morgan fingerprint density at radius 1 is 0.872 bits per heavy atom. The number of aryl methyl sites for hydroxylation is 2. The van der Waals surface area contributed by atoms with E-state index in [1.807, 2.05) is 63.2 Å². The van der Waals surface area contributed by atoms with Crippen LogP contribution in [0.5, 0.6) is 5.75 Å². The van der Waals surface area contributed by atoms with Gasteiger partial charge >= 0.3 is 0 Å². The second-order valence-corrected chi connectivity index (χ2v) is 8.13. The minimum atomic E-state index is 0. The average Bonchev–Trinajstić information content (AvgIpc) is 3.38. The fourth-order valence-electron chi connectivity index (χ4n) is 1.54. The molecule has 0 spiro atoms. The van der Waals surface area contributed by atoms with Crippen LogP contribution in [0.4, 0.5) is 0 Å². The third-order valence-corrected chi connectivity index (χ3v) is 3.27. The molecule has 221 valence electrons. The largest absolute Gasteiger partial charge is 0.534 e. The maximum absolute atomic E-state index is 9.44. The Hall–Kier alpha value is -2.06. The molecular weight excluding hydrogens is 567 g/mol. The van der Waals surface area contributed by atoms with E-state index in [1.54, 1.807) is 20.5 Å². The minimum absolute atomic E-state index is 0. The van der Waals surface area contributed by atoms with Crippen LogP contribution in [-0.2, 0) is 47.0 Å². The van der Waals surface area contributed by atoms with Gasteiger partial charge in [-0.3, -0.25) is 0 Å². The fraction of sp³-hybridized carbons (Fsp3) is 0.452. The number of nitrogens with zero attached hydrogens (tertiary/aromatic N) is 3. The van der Waals surface area contributed by atoms with Gasteiger partial charge in [0.25, 0.3) is 0 Å². The van der Waals surface area contributed by atoms with Crippen molar-refractivity contribution in [3.8, 4) is 5.75 Å². The van der Waals surface area contributed by atoms with E-state index in [9.17, 15) is 4.79 Å². The van der Waals surface area contributed by atoms with Crippen molar-refractivity contribution in [2.24, 2.45) is 0 Å². The molecule has 0 unspecified atom stereocenters. The standard InChI is InChI=1S/C10H10N3O.C7H8.C4H9.2C3H8O.C3H6O.CH4.Y/c1-9-2-4-10(5-3-9)14-8-13-7-11-6-12-13;1-7-5-3-2-4-6-7;1-4(2)3;2*1-3-4-2;1-3(2)4;;/h2-8H,1H3;2-6H,1H3;1-3H3;2*3H2,1-2H3;1-2H3;1H4;/q-1;;-1;;;;;. The maximum Gasteiger partial charge on any atom is 0.126 e. The summed E-state index contributed by atoms with van der Waals surface area (Å²) in [5.74, 6) is 2.37. The summed E-state index contributed by atoms with van der Waals surface area (Å²) in [5, 5.41) is 3.87. The second kappa shape index (κ2) is 35.9. The van der Waals surface area contributed by atoms with Gasteiger partial charge in [0.1, 0.15) is 17.9 Å². The number of hydrogen-bond donors (Lipinski definition) is 0. The number of Topliss-reactive ketones (excluding diaryl/α,β-unsaturated/α-hetero) is 1.